The van der Waals surface area contributed by atoms with Gasteiger partial charge in [0.2, 0.25) is 0 Å². The van der Waals surface area contributed by atoms with Crippen molar-refractivity contribution in [3.63, 3.8) is 0 Å². The number of rotatable bonds is 0. The minimum Gasteiger partial charge on any atom is -0.356 e. The summed E-state index contributed by atoms with van der Waals surface area (Å²) in [5.41, 5.74) is 0. The first-order valence-corrected chi connectivity index (χ1v) is 1.96. The fourth-order valence-corrected chi connectivity index (χ4v) is 0.361. The largest absolute Gasteiger partial charge is 0.356 e. The molecule has 0 N–H and O–H groups in total. The van der Waals surface area contributed by atoms with Gasteiger partial charge in [-0.3, -0.25) is 0 Å². The van der Waals surface area contributed by atoms with Crippen molar-refractivity contribution in [1.82, 2.24) is 0 Å². The van der Waals surface area contributed by atoms with E-state index in [0.29, 0.717) is 6.10 Å². The molecule has 1 aliphatic rings. The summed E-state index contributed by atoms with van der Waals surface area (Å²) in [5.74, 6) is 2.47. The molecule has 0 amide bonds. The van der Waals surface area contributed by atoms with Gasteiger partial charge in [0.15, 0.2) is 0 Å². The van der Waals surface area contributed by atoms with Crippen LogP contribution in [0.25, 0.3) is 0 Å². The molecule has 0 aromatic heterocycles. The van der Waals surface area contributed by atoms with Crippen LogP contribution in [0.4, 0.5) is 0 Å². The van der Waals surface area contributed by atoms with Crippen LogP contribution in [0.2, 0.25) is 0 Å². The van der Waals surface area contributed by atoms with Gasteiger partial charge in [-0.05, 0) is 6.92 Å². The SMILES string of the molecule is C#CC1OC1C. The van der Waals surface area contributed by atoms with Crippen LogP contribution >= 0.6 is 0 Å². The van der Waals surface area contributed by atoms with Crippen molar-refractivity contribution < 1.29 is 4.74 Å². The van der Waals surface area contributed by atoms with Crippen LogP contribution in [0.5, 0.6) is 0 Å². The maximum absolute atomic E-state index is 4.95. The lowest BCUT2D eigenvalue weighted by Crippen LogP contribution is -1.78. The van der Waals surface area contributed by atoms with Gasteiger partial charge < -0.3 is 4.74 Å². The van der Waals surface area contributed by atoms with E-state index in [1.807, 2.05) is 6.92 Å². The zero-order valence-corrected chi connectivity index (χ0v) is 3.64. The molecule has 2 atom stereocenters. The second-order valence-corrected chi connectivity index (χ2v) is 1.43. The normalized spacial score (nSPS) is 41.3. The Balaban J connectivity index is 2.31. The van der Waals surface area contributed by atoms with Crippen molar-refractivity contribution in [3.8, 4) is 12.3 Å². The molecular weight excluding hydrogens is 76.1 g/mol. The summed E-state index contributed by atoms with van der Waals surface area (Å²) in [7, 11) is 0. The van der Waals surface area contributed by atoms with Crippen LogP contribution in [-0.2, 0) is 4.74 Å². The fourth-order valence-electron chi connectivity index (χ4n) is 0.361. The molecule has 32 valence electrons. The Kier molecular flexibility index (Phi) is 0.611. The summed E-state index contributed by atoms with van der Waals surface area (Å²) in [6.07, 6.45) is 5.41. The Morgan fingerprint density at radius 1 is 1.83 bits per heavy atom. The molecule has 0 saturated carbocycles. The number of epoxide rings is 1. The van der Waals surface area contributed by atoms with E-state index in [-0.39, 0.29) is 6.10 Å². The second kappa shape index (κ2) is 0.990. The van der Waals surface area contributed by atoms with Crippen molar-refractivity contribution >= 4 is 0 Å². The van der Waals surface area contributed by atoms with Gasteiger partial charge >= 0.3 is 0 Å². The molecule has 0 aromatic rings. The van der Waals surface area contributed by atoms with E-state index in [2.05, 4.69) is 5.92 Å². The first kappa shape index (κ1) is 3.70. The van der Waals surface area contributed by atoms with Crippen molar-refractivity contribution in [2.75, 3.05) is 0 Å². The quantitative estimate of drug-likeness (QED) is 0.304. The number of hydrogen-bond donors (Lipinski definition) is 0. The molecule has 2 unspecified atom stereocenters. The minimum absolute atomic E-state index is 0.130. The van der Waals surface area contributed by atoms with Crippen LogP contribution in [0.15, 0.2) is 0 Å². The van der Waals surface area contributed by atoms with Gasteiger partial charge in [0.05, 0.1) is 6.10 Å². The molecule has 6 heavy (non-hydrogen) atoms. The summed E-state index contributed by atoms with van der Waals surface area (Å²) in [6, 6.07) is 0. The van der Waals surface area contributed by atoms with Crippen LogP contribution in [0.3, 0.4) is 0 Å². The van der Waals surface area contributed by atoms with Crippen LogP contribution < -0.4 is 0 Å². The molecule has 0 radical (unpaired) electrons. The first-order chi connectivity index (χ1) is 2.84. The predicted molar refractivity (Wildman–Crippen MR) is 23.2 cm³/mol. The highest BCUT2D eigenvalue weighted by Gasteiger charge is 2.31. The molecule has 0 aliphatic carbocycles. The summed E-state index contributed by atoms with van der Waals surface area (Å²) in [4.78, 5) is 0. The second-order valence-electron chi connectivity index (χ2n) is 1.43. The molecule has 0 spiro atoms. The minimum atomic E-state index is 0.130. The monoisotopic (exact) mass is 82.0 g/mol. The molecular formula is C5H6O. The van der Waals surface area contributed by atoms with E-state index in [1.165, 1.54) is 0 Å². The Morgan fingerprint density at radius 3 is 2.33 bits per heavy atom. The van der Waals surface area contributed by atoms with E-state index < -0.39 is 0 Å². The average molecular weight is 82.1 g/mol. The van der Waals surface area contributed by atoms with E-state index in [0.717, 1.165) is 0 Å². The summed E-state index contributed by atoms with van der Waals surface area (Å²) >= 11 is 0. The number of ether oxygens (including phenoxy) is 1. The molecule has 1 heterocycles. The standard InChI is InChI=1S/C5H6O/c1-3-5-4(2)6-5/h1,4-5H,2H3. The Labute approximate surface area is 37.3 Å². The Bertz CT molecular complexity index is 90.6. The van der Waals surface area contributed by atoms with Crippen molar-refractivity contribution in [3.05, 3.63) is 0 Å². The lowest BCUT2D eigenvalue weighted by molar-refractivity contribution is 0.404. The first-order valence-electron chi connectivity index (χ1n) is 1.96. The lowest BCUT2D eigenvalue weighted by atomic mass is 10.4. The van der Waals surface area contributed by atoms with Crippen LogP contribution in [-0.4, -0.2) is 12.2 Å². The van der Waals surface area contributed by atoms with Crippen LogP contribution in [0.1, 0.15) is 6.92 Å². The third-order valence-electron chi connectivity index (χ3n) is 0.875. The fraction of sp³-hybridized carbons (Fsp3) is 0.600. The third-order valence-corrected chi connectivity index (χ3v) is 0.875. The zero-order chi connectivity index (χ0) is 4.57. The van der Waals surface area contributed by atoms with Gasteiger partial charge in [0.1, 0.15) is 6.10 Å². The van der Waals surface area contributed by atoms with Gasteiger partial charge in [-0.15, -0.1) is 6.42 Å². The summed E-state index contributed by atoms with van der Waals surface area (Å²) < 4.78 is 4.83. The van der Waals surface area contributed by atoms with Crippen LogP contribution in [0, 0.1) is 12.3 Å². The van der Waals surface area contributed by atoms with Gasteiger partial charge in [0.25, 0.3) is 0 Å². The van der Waals surface area contributed by atoms with Crippen molar-refractivity contribution in [2.24, 2.45) is 0 Å². The molecule has 1 saturated heterocycles. The lowest BCUT2D eigenvalue weighted by Gasteiger charge is -1.59. The zero-order valence-electron chi connectivity index (χ0n) is 3.64. The van der Waals surface area contributed by atoms with Crippen molar-refractivity contribution in [1.29, 1.82) is 0 Å². The van der Waals surface area contributed by atoms with Gasteiger partial charge in [-0.2, -0.15) is 0 Å². The maximum atomic E-state index is 4.95. The number of terminal acetylenes is 1. The van der Waals surface area contributed by atoms with E-state index in [4.69, 9.17) is 11.2 Å². The van der Waals surface area contributed by atoms with Gasteiger partial charge in [-0.1, -0.05) is 5.92 Å². The molecule has 1 rings (SSSR count). The average Bonchev–Trinajstić information content (AvgIpc) is 2.19. The molecule has 0 aromatic carbocycles. The molecule has 1 nitrogen and oxygen atoms in total. The highest BCUT2D eigenvalue weighted by Crippen LogP contribution is 2.18. The van der Waals surface area contributed by atoms with Gasteiger partial charge in [-0.25, -0.2) is 0 Å². The summed E-state index contributed by atoms with van der Waals surface area (Å²) in [6.45, 7) is 1.96. The van der Waals surface area contributed by atoms with E-state index >= 15 is 0 Å². The maximum Gasteiger partial charge on any atom is 0.144 e. The molecule has 1 aliphatic heterocycles. The van der Waals surface area contributed by atoms with E-state index in [1.54, 1.807) is 0 Å². The van der Waals surface area contributed by atoms with Gasteiger partial charge in [0, 0.05) is 0 Å². The Hall–Kier alpha value is -0.480. The third kappa shape index (κ3) is 0.395. The highest BCUT2D eigenvalue weighted by molar-refractivity contribution is 5.06. The molecule has 1 fully saturated rings. The van der Waals surface area contributed by atoms with Crippen molar-refractivity contribution in [2.45, 2.75) is 19.1 Å². The Morgan fingerprint density at radius 2 is 2.33 bits per heavy atom. The number of hydrogen-bond acceptors (Lipinski definition) is 1. The highest BCUT2D eigenvalue weighted by atomic mass is 16.6. The smallest absolute Gasteiger partial charge is 0.144 e. The summed E-state index contributed by atoms with van der Waals surface area (Å²) in [5, 5.41) is 0. The molecule has 0 bridgehead atoms. The molecule has 1 heteroatoms. The predicted octanol–water partition coefficient (Wildman–Crippen LogP) is 0.407. The van der Waals surface area contributed by atoms with E-state index in [9.17, 15) is 0 Å². The topological polar surface area (TPSA) is 12.5 Å².